The summed E-state index contributed by atoms with van der Waals surface area (Å²) >= 11 is 0. The van der Waals surface area contributed by atoms with Crippen LogP contribution in [0.3, 0.4) is 0 Å². The van der Waals surface area contributed by atoms with E-state index >= 15 is 0 Å². The largest absolute Gasteiger partial charge is 0.378 e. The number of alkyl halides is 2. The van der Waals surface area contributed by atoms with E-state index in [0.29, 0.717) is 19.3 Å². The van der Waals surface area contributed by atoms with Gasteiger partial charge in [0, 0.05) is 25.0 Å². The van der Waals surface area contributed by atoms with Gasteiger partial charge in [-0.2, -0.15) is 0 Å². The van der Waals surface area contributed by atoms with Crippen molar-refractivity contribution in [1.29, 1.82) is 0 Å². The topological polar surface area (TPSA) is 12.5 Å². The fraction of sp³-hybridized carbons (Fsp3) is 1.00. The van der Waals surface area contributed by atoms with Gasteiger partial charge >= 0.3 is 0 Å². The second kappa shape index (κ2) is 4.86. The molecule has 0 spiro atoms. The Morgan fingerprint density at radius 3 is 2.69 bits per heavy atom. The van der Waals surface area contributed by atoms with Gasteiger partial charge in [0.05, 0.1) is 13.2 Å². The van der Waals surface area contributed by atoms with Gasteiger partial charge in [-0.05, 0) is 13.8 Å². The van der Waals surface area contributed by atoms with Crippen molar-refractivity contribution >= 4 is 0 Å². The Morgan fingerprint density at radius 1 is 1.46 bits per heavy atom. The smallest absolute Gasteiger partial charge is 0.240 e. The number of hydrogen-bond donors (Lipinski definition) is 0. The minimum Gasteiger partial charge on any atom is -0.378 e. The Labute approximate surface area is 77.9 Å². The monoisotopic (exact) mass is 193 g/mol. The Hall–Kier alpha value is -0.220. The zero-order valence-corrected chi connectivity index (χ0v) is 8.17. The molecule has 0 radical (unpaired) electrons. The highest BCUT2D eigenvalue weighted by Gasteiger charge is 2.27. The zero-order chi connectivity index (χ0) is 9.84. The molecule has 1 heterocycles. The molecule has 2 nitrogen and oxygen atoms in total. The van der Waals surface area contributed by atoms with E-state index in [-0.39, 0.29) is 12.5 Å². The maximum Gasteiger partial charge on any atom is 0.240 e. The molecule has 78 valence electrons. The number of ether oxygens (including phenoxy) is 1. The first kappa shape index (κ1) is 10.9. The fourth-order valence-electron chi connectivity index (χ4n) is 1.76. The van der Waals surface area contributed by atoms with E-state index < -0.39 is 6.43 Å². The lowest BCUT2D eigenvalue weighted by Crippen LogP contribution is -2.49. The molecule has 0 amide bonds. The van der Waals surface area contributed by atoms with Crippen molar-refractivity contribution in [1.82, 2.24) is 4.90 Å². The summed E-state index contributed by atoms with van der Waals surface area (Å²) in [5, 5.41) is 0. The molecule has 0 aliphatic carbocycles. The minimum absolute atomic E-state index is 0.0713. The molecule has 0 aromatic heterocycles. The number of rotatable bonds is 3. The summed E-state index contributed by atoms with van der Waals surface area (Å²) in [6, 6.07) is 0.224. The summed E-state index contributed by atoms with van der Waals surface area (Å²) in [6.07, 6.45) is -2.30. The molecule has 1 aliphatic heterocycles. The van der Waals surface area contributed by atoms with E-state index in [9.17, 15) is 8.78 Å². The molecule has 4 heteroatoms. The normalized spacial score (nSPS) is 25.8. The van der Waals surface area contributed by atoms with Crippen molar-refractivity contribution in [2.45, 2.75) is 38.8 Å². The van der Waals surface area contributed by atoms with Crippen LogP contribution in [0.1, 0.15) is 20.3 Å². The molecular formula is C9H17F2NO. The Morgan fingerprint density at radius 2 is 2.15 bits per heavy atom. The van der Waals surface area contributed by atoms with Crippen LogP contribution in [0.25, 0.3) is 0 Å². The highest BCUT2D eigenvalue weighted by atomic mass is 19.3. The van der Waals surface area contributed by atoms with Crippen molar-refractivity contribution in [2.24, 2.45) is 0 Å². The van der Waals surface area contributed by atoms with Crippen molar-refractivity contribution < 1.29 is 13.5 Å². The van der Waals surface area contributed by atoms with Gasteiger partial charge in [-0.25, -0.2) is 8.78 Å². The predicted molar refractivity (Wildman–Crippen MR) is 47.1 cm³/mol. The first-order chi connectivity index (χ1) is 6.11. The van der Waals surface area contributed by atoms with E-state index in [1.165, 1.54) is 0 Å². The third-order valence-corrected chi connectivity index (χ3v) is 2.39. The van der Waals surface area contributed by atoms with E-state index in [1.807, 2.05) is 13.8 Å². The second-order valence-corrected chi connectivity index (χ2v) is 3.69. The van der Waals surface area contributed by atoms with Gasteiger partial charge in [-0.15, -0.1) is 0 Å². The van der Waals surface area contributed by atoms with Crippen molar-refractivity contribution in [3.63, 3.8) is 0 Å². The Balaban J connectivity index is 2.46. The highest BCUT2D eigenvalue weighted by Crippen LogP contribution is 2.17. The molecule has 1 rings (SSSR count). The average molecular weight is 193 g/mol. The van der Waals surface area contributed by atoms with E-state index in [4.69, 9.17) is 4.74 Å². The van der Waals surface area contributed by atoms with E-state index in [1.54, 1.807) is 0 Å². The maximum atomic E-state index is 12.2. The lowest BCUT2D eigenvalue weighted by Gasteiger charge is -2.38. The van der Waals surface area contributed by atoms with Crippen LogP contribution >= 0.6 is 0 Å². The van der Waals surface area contributed by atoms with E-state index in [2.05, 4.69) is 4.90 Å². The first-order valence-corrected chi connectivity index (χ1v) is 4.73. The number of nitrogens with zero attached hydrogens (tertiary/aromatic N) is 1. The summed E-state index contributed by atoms with van der Waals surface area (Å²) < 4.78 is 29.5. The van der Waals surface area contributed by atoms with Crippen molar-refractivity contribution in [3.05, 3.63) is 0 Å². The van der Waals surface area contributed by atoms with Crippen LogP contribution in [0.15, 0.2) is 0 Å². The molecule has 0 bridgehead atoms. The van der Waals surface area contributed by atoms with Gasteiger partial charge in [0.15, 0.2) is 0 Å². The molecule has 0 aromatic carbocycles. The second-order valence-electron chi connectivity index (χ2n) is 3.69. The lowest BCUT2D eigenvalue weighted by molar-refractivity contribution is -0.0436. The summed E-state index contributed by atoms with van der Waals surface area (Å²) in [5.41, 5.74) is 0. The molecule has 1 saturated heterocycles. The molecule has 1 atom stereocenters. The van der Waals surface area contributed by atoms with Crippen LogP contribution in [-0.2, 0) is 4.74 Å². The molecule has 13 heavy (non-hydrogen) atoms. The van der Waals surface area contributed by atoms with Crippen LogP contribution in [0.5, 0.6) is 0 Å². The summed E-state index contributed by atoms with van der Waals surface area (Å²) in [4.78, 5) is 2.09. The summed E-state index contributed by atoms with van der Waals surface area (Å²) in [7, 11) is 0. The molecule has 1 aliphatic rings. The maximum absolute atomic E-state index is 12.2. The molecule has 0 N–H and O–H groups in total. The quantitative estimate of drug-likeness (QED) is 0.677. The van der Waals surface area contributed by atoms with Gasteiger partial charge in [-0.1, -0.05) is 0 Å². The third-order valence-electron chi connectivity index (χ3n) is 2.39. The average Bonchev–Trinajstić information content (AvgIpc) is 2.03. The van der Waals surface area contributed by atoms with Gasteiger partial charge < -0.3 is 4.74 Å². The SMILES string of the molecule is CC(C)N1CCOC[C@@H]1CC(F)F. The van der Waals surface area contributed by atoms with Crippen LogP contribution < -0.4 is 0 Å². The molecule has 1 fully saturated rings. The lowest BCUT2D eigenvalue weighted by atomic mass is 10.1. The molecule has 0 aromatic rings. The van der Waals surface area contributed by atoms with Crippen molar-refractivity contribution in [2.75, 3.05) is 19.8 Å². The number of hydrogen-bond acceptors (Lipinski definition) is 2. The predicted octanol–water partition coefficient (Wildman–Crippen LogP) is 1.75. The number of morpholine rings is 1. The number of halogens is 2. The molecule has 0 unspecified atom stereocenters. The van der Waals surface area contributed by atoms with Crippen molar-refractivity contribution in [3.8, 4) is 0 Å². The molecule has 0 saturated carbocycles. The Kier molecular flexibility index (Phi) is 4.06. The van der Waals surface area contributed by atoms with Crippen LogP contribution in [0.2, 0.25) is 0 Å². The molecular weight excluding hydrogens is 176 g/mol. The van der Waals surface area contributed by atoms with Crippen LogP contribution in [0.4, 0.5) is 8.78 Å². The van der Waals surface area contributed by atoms with Gasteiger partial charge in [-0.3, -0.25) is 4.90 Å². The summed E-state index contributed by atoms with van der Waals surface area (Å²) in [5.74, 6) is 0. The van der Waals surface area contributed by atoms with Gasteiger partial charge in [0.1, 0.15) is 0 Å². The van der Waals surface area contributed by atoms with Crippen LogP contribution in [0, 0.1) is 0 Å². The Bertz CT molecular complexity index is 153. The van der Waals surface area contributed by atoms with Crippen LogP contribution in [-0.4, -0.2) is 43.2 Å². The van der Waals surface area contributed by atoms with E-state index in [0.717, 1.165) is 6.54 Å². The zero-order valence-electron chi connectivity index (χ0n) is 8.17. The summed E-state index contributed by atoms with van der Waals surface area (Å²) in [6.45, 7) is 5.95. The first-order valence-electron chi connectivity index (χ1n) is 4.73. The standard InChI is InChI=1S/C9H17F2NO/c1-7(2)12-3-4-13-6-8(12)5-9(10)11/h7-9H,3-6H2,1-2H3/t8-/m0/s1. The minimum atomic E-state index is -2.23. The van der Waals surface area contributed by atoms with Gasteiger partial charge in [0.25, 0.3) is 0 Å². The fourth-order valence-corrected chi connectivity index (χ4v) is 1.76. The van der Waals surface area contributed by atoms with Gasteiger partial charge in [0.2, 0.25) is 6.43 Å². The highest BCUT2D eigenvalue weighted by molar-refractivity contribution is 4.78. The third kappa shape index (κ3) is 3.19.